The van der Waals surface area contributed by atoms with E-state index in [9.17, 15) is 4.79 Å². The number of rotatable bonds is 8. The maximum Gasteiger partial charge on any atom is 0.236 e. The van der Waals surface area contributed by atoms with Gasteiger partial charge in [-0.05, 0) is 29.9 Å². The van der Waals surface area contributed by atoms with Gasteiger partial charge in [-0.25, -0.2) is 0 Å². The third-order valence-electron chi connectivity index (χ3n) is 3.33. The molecular formula is C15H22N2O2S. The standard InChI is InChI=1S/C15H22N2O2S/c1-2-3-8-19-9-6-16-11-15(18)17-7-4-14-13(12-17)5-10-20-14/h2,5,10,16H,1,3-4,6-9,11-12H2. The molecule has 0 aliphatic carbocycles. The molecule has 0 aromatic carbocycles. The third kappa shape index (κ3) is 4.44. The van der Waals surface area contributed by atoms with E-state index in [0.717, 1.165) is 25.9 Å². The lowest BCUT2D eigenvalue weighted by Crippen LogP contribution is -2.41. The predicted octanol–water partition coefficient (Wildman–Crippen LogP) is 1.82. The van der Waals surface area contributed by atoms with Gasteiger partial charge in [0.05, 0.1) is 19.8 Å². The zero-order valence-electron chi connectivity index (χ0n) is 11.8. The quantitative estimate of drug-likeness (QED) is 0.587. The minimum atomic E-state index is 0.174. The fourth-order valence-corrected chi connectivity index (χ4v) is 3.07. The van der Waals surface area contributed by atoms with Crippen molar-refractivity contribution in [2.24, 2.45) is 0 Å². The average molecular weight is 294 g/mol. The molecule has 0 unspecified atom stereocenters. The van der Waals surface area contributed by atoms with Gasteiger partial charge in [-0.2, -0.15) is 0 Å². The van der Waals surface area contributed by atoms with Gasteiger partial charge in [0, 0.05) is 24.5 Å². The summed E-state index contributed by atoms with van der Waals surface area (Å²) in [7, 11) is 0. The maximum atomic E-state index is 12.1. The predicted molar refractivity (Wildman–Crippen MR) is 81.9 cm³/mol. The number of nitrogens with one attached hydrogen (secondary N) is 1. The Bertz CT molecular complexity index is 445. The van der Waals surface area contributed by atoms with Crippen LogP contribution in [0.5, 0.6) is 0 Å². The molecule has 2 rings (SSSR count). The fourth-order valence-electron chi connectivity index (χ4n) is 2.18. The molecule has 1 aliphatic heterocycles. The van der Waals surface area contributed by atoms with E-state index in [1.54, 1.807) is 11.3 Å². The van der Waals surface area contributed by atoms with Crippen molar-refractivity contribution in [3.8, 4) is 0 Å². The first-order valence-electron chi connectivity index (χ1n) is 7.03. The normalized spacial score (nSPS) is 14.1. The molecule has 0 saturated heterocycles. The summed E-state index contributed by atoms with van der Waals surface area (Å²) in [5, 5.41) is 5.25. The van der Waals surface area contributed by atoms with Crippen molar-refractivity contribution >= 4 is 17.2 Å². The van der Waals surface area contributed by atoms with Gasteiger partial charge in [-0.15, -0.1) is 17.9 Å². The van der Waals surface area contributed by atoms with Crippen LogP contribution in [0.2, 0.25) is 0 Å². The fraction of sp³-hybridized carbons (Fsp3) is 0.533. The third-order valence-corrected chi connectivity index (χ3v) is 4.35. The summed E-state index contributed by atoms with van der Waals surface area (Å²) in [5.74, 6) is 0.174. The van der Waals surface area contributed by atoms with E-state index < -0.39 is 0 Å². The maximum absolute atomic E-state index is 12.1. The molecule has 0 atom stereocenters. The van der Waals surface area contributed by atoms with Crippen molar-refractivity contribution in [2.45, 2.75) is 19.4 Å². The van der Waals surface area contributed by atoms with E-state index >= 15 is 0 Å². The number of nitrogens with zero attached hydrogens (tertiary/aromatic N) is 1. The molecule has 5 heteroatoms. The van der Waals surface area contributed by atoms with Crippen LogP contribution < -0.4 is 5.32 Å². The molecule has 20 heavy (non-hydrogen) atoms. The molecule has 4 nitrogen and oxygen atoms in total. The number of fused-ring (bicyclic) bond motifs is 1. The number of carbonyl (C=O) groups is 1. The highest BCUT2D eigenvalue weighted by atomic mass is 32.1. The van der Waals surface area contributed by atoms with Crippen LogP contribution in [-0.2, 0) is 22.5 Å². The van der Waals surface area contributed by atoms with Crippen LogP contribution in [0, 0.1) is 0 Å². The lowest BCUT2D eigenvalue weighted by molar-refractivity contribution is -0.131. The van der Waals surface area contributed by atoms with Crippen LogP contribution in [0.25, 0.3) is 0 Å². The van der Waals surface area contributed by atoms with Gasteiger partial charge in [0.15, 0.2) is 0 Å². The first kappa shape index (κ1) is 15.2. The largest absolute Gasteiger partial charge is 0.380 e. The summed E-state index contributed by atoms with van der Waals surface area (Å²) < 4.78 is 5.38. The summed E-state index contributed by atoms with van der Waals surface area (Å²) in [5.41, 5.74) is 1.31. The lowest BCUT2D eigenvalue weighted by atomic mass is 10.1. The summed E-state index contributed by atoms with van der Waals surface area (Å²) in [6, 6.07) is 2.13. The number of hydrogen-bond donors (Lipinski definition) is 1. The average Bonchev–Trinajstić information content (AvgIpc) is 2.93. The molecule has 0 saturated carbocycles. The number of ether oxygens (including phenoxy) is 1. The Hall–Kier alpha value is -1.17. The molecule has 1 aromatic rings. The van der Waals surface area contributed by atoms with Gasteiger partial charge in [0.25, 0.3) is 0 Å². The van der Waals surface area contributed by atoms with Gasteiger partial charge < -0.3 is 15.0 Å². The van der Waals surface area contributed by atoms with Crippen molar-refractivity contribution in [3.05, 3.63) is 34.5 Å². The smallest absolute Gasteiger partial charge is 0.236 e. The molecule has 1 N–H and O–H groups in total. The molecule has 0 radical (unpaired) electrons. The summed E-state index contributed by atoms with van der Waals surface area (Å²) in [6.45, 7) is 7.67. The second-order valence-electron chi connectivity index (χ2n) is 4.80. The summed E-state index contributed by atoms with van der Waals surface area (Å²) in [4.78, 5) is 15.4. The highest BCUT2D eigenvalue weighted by Gasteiger charge is 2.20. The topological polar surface area (TPSA) is 41.6 Å². The van der Waals surface area contributed by atoms with E-state index in [4.69, 9.17) is 4.74 Å². The Morgan fingerprint density at radius 2 is 2.45 bits per heavy atom. The molecular weight excluding hydrogens is 272 g/mol. The Morgan fingerprint density at radius 3 is 3.30 bits per heavy atom. The van der Waals surface area contributed by atoms with Crippen molar-refractivity contribution in [2.75, 3.05) is 32.8 Å². The first-order chi connectivity index (χ1) is 9.81. The zero-order valence-corrected chi connectivity index (χ0v) is 12.6. The van der Waals surface area contributed by atoms with Crippen LogP contribution in [0.15, 0.2) is 24.1 Å². The second-order valence-corrected chi connectivity index (χ2v) is 5.80. The molecule has 1 amide bonds. The van der Waals surface area contributed by atoms with Crippen molar-refractivity contribution in [1.29, 1.82) is 0 Å². The number of amides is 1. The SMILES string of the molecule is C=CCCOCCNCC(=O)N1CCc2sccc2C1. The zero-order chi connectivity index (χ0) is 14.2. The van der Waals surface area contributed by atoms with E-state index in [1.807, 2.05) is 11.0 Å². The minimum Gasteiger partial charge on any atom is -0.380 e. The van der Waals surface area contributed by atoms with E-state index in [2.05, 4.69) is 23.3 Å². The Labute approximate surface area is 124 Å². The van der Waals surface area contributed by atoms with Crippen molar-refractivity contribution in [1.82, 2.24) is 10.2 Å². The Balaban J connectivity index is 1.60. The van der Waals surface area contributed by atoms with Crippen LogP contribution in [0.1, 0.15) is 16.9 Å². The van der Waals surface area contributed by atoms with Gasteiger partial charge in [-0.1, -0.05) is 6.08 Å². The van der Waals surface area contributed by atoms with Gasteiger partial charge in [0.1, 0.15) is 0 Å². The minimum absolute atomic E-state index is 0.174. The second kappa shape index (κ2) is 8.19. The van der Waals surface area contributed by atoms with Crippen LogP contribution in [0.4, 0.5) is 0 Å². The molecule has 1 aliphatic rings. The van der Waals surface area contributed by atoms with E-state index in [1.165, 1.54) is 10.4 Å². The van der Waals surface area contributed by atoms with Crippen LogP contribution >= 0.6 is 11.3 Å². The lowest BCUT2D eigenvalue weighted by Gasteiger charge is -2.27. The molecule has 1 aromatic heterocycles. The highest BCUT2D eigenvalue weighted by molar-refractivity contribution is 7.10. The first-order valence-corrected chi connectivity index (χ1v) is 7.91. The summed E-state index contributed by atoms with van der Waals surface area (Å²) >= 11 is 1.79. The van der Waals surface area contributed by atoms with E-state index in [0.29, 0.717) is 26.3 Å². The number of carbonyl (C=O) groups excluding carboxylic acids is 1. The van der Waals surface area contributed by atoms with E-state index in [-0.39, 0.29) is 5.91 Å². The monoisotopic (exact) mass is 294 g/mol. The Kier molecular flexibility index (Phi) is 6.24. The Morgan fingerprint density at radius 1 is 1.55 bits per heavy atom. The highest BCUT2D eigenvalue weighted by Crippen LogP contribution is 2.23. The van der Waals surface area contributed by atoms with Gasteiger partial charge >= 0.3 is 0 Å². The molecule has 0 fully saturated rings. The number of hydrogen-bond acceptors (Lipinski definition) is 4. The molecule has 110 valence electrons. The van der Waals surface area contributed by atoms with Crippen LogP contribution in [0.3, 0.4) is 0 Å². The van der Waals surface area contributed by atoms with Crippen molar-refractivity contribution in [3.63, 3.8) is 0 Å². The molecule has 2 heterocycles. The van der Waals surface area contributed by atoms with Gasteiger partial charge in [-0.3, -0.25) is 4.79 Å². The molecule has 0 bridgehead atoms. The van der Waals surface area contributed by atoms with Crippen LogP contribution in [-0.4, -0.2) is 43.7 Å². The van der Waals surface area contributed by atoms with Gasteiger partial charge in [0.2, 0.25) is 5.91 Å². The van der Waals surface area contributed by atoms with Crippen molar-refractivity contribution < 1.29 is 9.53 Å². The molecule has 0 spiro atoms. The number of thiophene rings is 1. The summed E-state index contributed by atoms with van der Waals surface area (Å²) in [6.07, 6.45) is 3.70.